The van der Waals surface area contributed by atoms with Crippen molar-refractivity contribution in [2.45, 2.75) is 4.90 Å². The van der Waals surface area contributed by atoms with Crippen molar-refractivity contribution in [3.05, 3.63) is 22.8 Å². The van der Waals surface area contributed by atoms with Crippen LogP contribution in [-0.4, -0.2) is 28.2 Å². The van der Waals surface area contributed by atoms with Gasteiger partial charge in [-0.15, -0.1) is 0 Å². The molecule has 0 bridgehead atoms. The Labute approximate surface area is 118 Å². The number of aromatic nitrogens is 4. The first kappa shape index (κ1) is 13.8. The van der Waals surface area contributed by atoms with E-state index in [1.165, 1.54) is 10.9 Å². The molecule has 0 radical (unpaired) electrons. The van der Waals surface area contributed by atoms with Crippen molar-refractivity contribution in [2.75, 3.05) is 10.5 Å². The minimum Gasteiger partial charge on any atom is -0.381 e. The summed E-state index contributed by atoms with van der Waals surface area (Å²) in [7, 11) is -2.43. The first-order valence-corrected chi connectivity index (χ1v) is 7.03. The van der Waals surface area contributed by atoms with Gasteiger partial charge in [-0.25, -0.2) is 18.4 Å². The fourth-order valence-electron chi connectivity index (χ4n) is 1.31. The van der Waals surface area contributed by atoms with Crippen LogP contribution in [0, 0.1) is 0 Å². The van der Waals surface area contributed by atoms with Crippen LogP contribution in [0.1, 0.15) is 0 Å². The molecule has 0 aliphatic heterocycles. The molecule has 8 nitrogen and oxygen atoms in total. The second kappa shape index (κ2) is 4.83. The second-order valence-corrected chi connectivity index (χ2v) is 5.85. The summed E-state index contributed by atoms with van der Waals surface area (Å²) < 4.78 is 27.7. The molecule has 0 amide bonds. The highest BCUT2D eigenvalue weighted by Gasteiger charge is 2.23. The van der Waals surface area contributed by atoms with E-state index in [-0.39, 0.29) is 26.7 Å². The third-order valence-electron chi connectivity index (χ3n) is 2.10. The van der Waals surface area contributed by atoms with E-state index in [4.69, 9.17) is 28.9 Å². The van der Waals surface area contributed by atoms with Crippen LogP contribution in [0.5, 0.6) is 0 Å². The Hall–Kier alpha value is -1.58. The summed E-state index contributed by atoms with van der Waals surface area (Å²) in [5.74, 6) is -0.140. The normalized spacial score (nSPS) is 11.5. The zero-order valence-electron chi connectivity index (χ0n) is 9.50. The topological polar surface area (TPSA) is 116 Å². The molecule has 0 atom stereocenters. The Morgan fingerprint density at radius 1 is 1.32 bits per heavy atom. The molecule has 0 fully saturated rings. The zero-order chi connectivity index (χ0) is 14.2. The van der Waals surface area contributed by atoms with Crippen LogP contribution in [0.25, 0.3) is 0 Å². The number of hydrogen-bond donors (Lipinski definition) is 2. The van der Waals surface area contributed by atoms with E-state index < -0.39 is 10.0 Å². The van der Waals surface area contributed by atoms with Gasteiger partial charge >= 0.3 is 0 Å². The summed E-state index contributed by atoms with van der Waals surface area (Å²) in [4.78, 5) is 7.08. The van der Waals surface area contributed by atoms with E-state index in [0.717, 1.165) is 6.33 Å². The lowest BCUT2D eigenvalue weighted by atomic mass is 10.6. The number of nitrogen functional groups attached to an aromatic ring is 1. The van der Waals surface area contributed by atoms with Gasteiger partial charge in [0.25, 0.3) is 10.0 Å². The lowest BCUT2D eigenvalue weighted by molar-refractivity contribution is 0.601. The SMILES string of the molecule is Cn1cc(S(=O)(=O)Nc2c(Cl)ncnc2Cl)c(N)n1. The standard InChI is InChI=1S/C8H8Cl2N6O2S/c1-16-2-4(8(11)14-16)19(17,18)15-5-6(9)12-3-13-7(5)10/h2-3,15H,1H3,(H2,11,14). The van der Waals surface area contributed by atoms with Gasteiger partial charge in [0.05, 0.1) is 0 Å². The maximum Gasteiger partial charge on any atom is 0.267 e. The number of sulfonamides is 1. The first-order chi connectivity index (χ1) is 8.81. The van der Waals surface area contributed by atoms with E-state index >= 15 is 0 Å². The molecule has 3 N–H and O–H groups in total. The Morgan fingerprint density at radius 3 is 2.37 bits per heavy atom. The van der Waals surface area contributed by atoms with Gasteiger partial charge in [0.15, 0.2) is 16.1 Å². The molecule has 2 heterocycles. The van der Waals surface area contributed by atoms with Crippen molar-refractivity contribution in [3.8, 4) is 0 Å². The van der Waals surface area contributed by atoms with Crippen LogP contribution < -0.4 is 10.5 Å². The quantitative estimate of drug-likeness (QED) is 0.811. The molecule has 0 saturated heterocycles. The van der Waals surface area contributed by atoms with Gasteiger partial charge in [-0.05, 0) is 0 Å². The Kier molecular flexibility index (Phi) is 3.52. The number of rotatable bonds is 3. The van der Waals surface area contributed by atoms with Crippen LogP contribution in [0.15, 0.2) is 17.4 Å². The number of aryl methyl sites for hydroxylation is 1. The van der Waals surface area contributed by atoms with Crippen molar-refractivity contribution in [1.82, 2.24) is 19.7 Å². The third-order valence-corrected chi connectivity index (χ3v) is 4.04. The van der Waals surface area contributed by atoms with Crippen molar-refractivity contribution in [1.29, 1.82) is 0 Å². The van der Waals surface area contributed by atoms with Crippen LogP contribution in [-0.2, 0) is 17.1 Å². The Balaban J connectivity index is 2.45. The van der Waals surface area contributed by atoms with Gasteiger partial charge in [-0.2, -0.15) is 5.10 Å². The third kappa shape index (κ3) is 2.72. The van der Waals surface area contributed by atoms with Crippen molar-refractivity contribution < 1.29 is 8.42 Å². The monoisotopic (exact) mass is 322 g/mol. The molecule has 0 aliphatic carbocycles. The maximum absolute atomic E-state index is 12.1. The summed E-state index contributed by atoms with van der Waals surface area (Å²) in [5.41, 5.74) is 5.39. The summed E-state index contributed by atoms with van der Waals surface area (Å²) in [6.07, 6.45) is 2.37. The fraction of sp³-hybridized carbons (Fsp3) is 0.125. The highest BCUT2D eigenvalue weighted by molar-refractivity contribution is 7.92. The Morgan fingerprint density at radius 2 is 1.89 bits per heavy atom. The van der Waals surface area contributed by atoms with Gasteiger partial charge in [0, 0.05) is 13.2 Å². The lowest BCUT2D eigenvalue weighted by Gasteiger charge is -2.08. The van der Waals surface area contributed by atoms with E-state index in [2.05, 4.69) is 19.8 Å². The maximum atomic E-state index is 12.1. The predicted octanol–water partition coefficient (Wildman–Crippen LogP) is 0.900. The van der Waals surface area contributed by atoms with E-state index in [1.807, 2.05) is 0 Å². The molecule has 19 heavy (non-hydrogen) atoms. The number of nitrogens with zero attached hydrogens (tertiary/aromatic N) is 4. The number of nitrogens with one attached hydrogen (secondary N) is 1. The van der Waals surface area contributed by atoms with Crippen LogP contribution in [0.2, 0.25) is 10.3 Å². The zero-order valence-corrected chi connectivity index (χ0v) is 11.8. The Bertz CT molecular complexity index is 709. The molecule has 2 aromatic heterocycles. The molecule has 0 spiro atoms. The largest absolute Gasteiger partial charge is 0.381 e. The summed E-state index contributed by atoms with van der Waals surface area (Å²) >= 11 is 11.5. The minimum atomic E-state index is -3.98. The number of hydrogen-bond acceptors (Lipinski definition) is 6. The molecular weight excluding hydrogens is 315 g/mol. The van der Waals surface area contributed by atoms with Crippen molar-refractivity contribution in [2.24, 2.45) is 7.05 Å². The average molecular weight is 323 g/mol. The molecular formula is C8H8Cl2N6O2S. The number of anilines is 2. The molecule has 102 valence electrons. The predicted molar refractivity (Wildman–Crippen MR) is 70.5 cm³/mol. The molecule has 0 aliphatic rings. The molecule has 2 rings (SSSR count). The molecule has 0 aromatic carbocycles. The minimum absolute atomic E-state index is 0.117. The van der Waals surface area contributed by atoms with Gasteiger partial charge in [0.1, 0.15) is 16.9 Å². The van der Waals surface area contributed by atoms with Crippen molar-refractivity contribution in [3.63, 3.8) is 0 Å². The lowest BCUT2D eigenvalue weighted by Crippen LogP contribution is -2.15. The average Bonchev–Trinajstić information content (AvgIpc) is 2.64. The second-order valence-electron chi connectivity index (χ2n) is 3.49. The summed E-state index contributed by atoms with van der Waals surface area (Å²) in [5, 5.41) is 3.50. The molecule has 0 saturated carbocycles. The van der Waals surface area contributed by atoms with Crippen molar-refractivity contribution >= 4 is 44.7 Å². The molecule has 11 heteroatoms. The van der Waals surface area contributed by atoms with Gasteiger partial charge in [-0.1, -0.05) is 23.2 Å². The number of halogens is 2. The number of nitrogens with two attached hydrogens (primary N) is 1. The van der Waals surface area contributed by atoms with E-state index in [1.54, 1.807) is 7.05 Å². The van der Waals surface area contributed by atoms with Gasteiger partial charge in [0.2, 0.25) is 0 Å². The van der Waals surface area contributed by atoms with E-state index in [9.17, 15) is 8.42 Å². The van der Waals surface area contributed by atoms with Gasteiger partial charge in [-0.3, -0.25) is 9.40 Å². The first-order valence-electron chi connectivity index (χ1n) is 4.79. The highest BCUT2D eigenvalue weighted by atomic mass is 35.5. The van der Waals surface area contributed by atoms with Crippen LogP contribution in [0.3, 0.4) is 0 Å². The van der Waals surface area contributed by atoms with Crippen LogP contribution >= 0.6 is 23.2 Å². The highest BCUT2D eigenvalue weighted by Crippen LogP contribution is 2.29. The molecule has 2 aromatic rings. The van der Waals surface area contributed by atoms with Crippen LogP contribution in [0.4, 0.5) is 11.5 Å². The van der Waals surface area contributed by atoms with E-state index in [0.29, 0.717) is 0 Å². The smallest absolute Gasteiger partial charge is 0.267 e. The molecule has 0 unspecified atom stereocenters. The summed E-state index contributed by atoms with van der Waals surface area (Å²) in [6.45, 7) is 0. The fourth-order valence-corrected chi connectivity index (χ4v) is 3.01. The summed E-state index contributed by atoms with van der Waals surface area (Å²) in [6, 6.07) is 0. The van der Waals surface area contributed by atoms with Gasteiger partial charge < -0.3 is 5.73 Å².